The summed E-state index contributed by atoms with van der Waals surface area (Å²) in [6, 6.07) is -0.626. The van der Waals surface area contributed by atoms with E-state index < -0.39 is 12.1 Å². The molecule has 1 amide bonds. The van der Waals surface area contributed by atoms with Crippen molar-refractivity contribution in [3.63, 3.8) is 0 Å². The molecule has 99 heavy (non-hydrogen) atoms. The van der Waals surface area contributed by atoms with Gasteiger partial charge >= 0.3 is 5.97 Å². The molecule has 0 aliphatic carbocycles. The lowest BCUT2D eigenvalue weighted by Crippen LogP contribution is -2.45. The Bertz CT molecular complexity index is 1610. The molecule has 0 aromatic heterocycles. The number of aliphatic hydroxyl groups is 2. The van der Waals surface area contributed by atoms with Crippen LogP contribution in [-0.2, 0) is 14.3 Å². The summed E-state index contributed by atoms with van der Waals surface area (Å²) >= 11 is 0. The zero-order valence-electron chi connectivity index (χ0n) is 67.5. The molecule has 0 fully saturated rings. The first-order chi connectivity index (χ1) is 49.0. The van der Waals surface area contributed by atoms with Gasteiger partial charge in [0.1, 0.15) is 0 Å². The van der Waals surface area contributed by atoms with Crippen molar-refractivity contribution in [1.82, 2.24) is 5.32 Å². The summed E-state index contributed by atoms with van der Waals surface area (Å²) in [4.78, 5) is 24.7. The van der Waals surface area contributed by atoms with E-state index in [0.29, 0.717) is 19.4 Å². The summed E-state index contributed by atoms with van der Waals surface area (Å²) in [5.41, 5.74) is 0. The highest BCUT2D eigenvalue weighted by Crippen LogP contribution is 2.21. The number of unbranched alkanes of at least 4 members (excludes halogenated alkanes) is 72. The van der Waals surface area contributed by atoms with Crippen molar-refractivity contribution >= 4 is 11.9 Å². The van der Waals surface area contributed by atoms with Gasteiger partial charge in [0.25, 0.3) is 0 Å². The number of carbonyl (C=O) groups excluding carboxylic acids is 2. The molecule has 3 N–H and O–H groups in total. The van der Waals surface area contributed by atoms with Gasteiger partial charge in [-0.2, -0.15) is 0 Å². The summed E-state index contributed by atoms with van der Waals surface area (Å²) in [6.45, 7) is 4.97. The fraction of sp³-hybridized carbons (Fsp3) is 0.914. The van der Waals surface area contributed by atoms with Gasteiger partial charge in [0, 0.05) is 12.8 Å². The summed E-state index contributed by atoms with van der Waals surface area (Å²) < 4.78 is 5.52. The van der Waals surface area contributed by atoms with Crippen molar-refractivity contribution in [3.05, 3.63) is 36.5 Å². The number of aliphatic hydroxyl groups excluding tert-OH is 2. The second-order valence-corrected chi connectivity index (χ2v) is 31.6. The van der Waals surface area contributed by atoms with Crippen molar-refractivity contribution in [2.24, 2.45) is 0 Å². The highest BCUT2D eigenvalue weighted by Gasteiger charge is 2.18. The molecule has 0 aromatic carbocycles. The average molecular weight is 1390 g/mol. The Morgan fingerprint density at radius 2 is 0.475 bits per heavy atom. The molecule has 6 nitrogen and oxygen atoms in total. The molecule has 586 valence electrons. The number of carbonyl (C=O) groups is 2. The van der Waals surface area contributed by atoms with E-state index in [0.717, 1.165) is 38.5 Å². The van der Waals surface area contributed by atoms with E-state index in [1.54, 1.807) is 6.08 Å². The van der Waals surface area contributed by atoms with Crippen molar-refractivity contribution < 1.29 is 24.5 Å². The van der Waals surface area contributed by atoms with E-state index in [4.69, 9.17) is 4.74 Å². The van der Waals surface area contributed by atoms with Crippen molar-refractivity contribution in [1.29, 1.82) is 0 Å². The zero-order chi connectivity index (χ0) is 71.2. The molecule has 2 unspecified atom stereocenters. The maximum atomic E-state index is 12.6. The molecule has 0 bridgehead atoms. The van der Waals surface area contributed by atoms with E-state index in [1.807, 2.05) is 6.08 Å². The molecule has 0 rings (SSSR count). The zero-order valence-corrected chi connectivity index (χ0v) is 67.5. The molecule has 0 aromatic rings. The Balaban J connectivity index is 3.34. The number of ether oxygens (including phenoxy) is 1. The fourth-order valence-electron chi connectivity index (χ4n) is 14.7. The van der Waals surface area contributed by atoms with Crippen LogP contribution in [0.2, 0.25) is 0 Å². The molecule has 0 spiro atoms. The van der Waals surface area contributed by atoms with Gasteiger partial charge in [0.15, 0.2) is 0 Å². The third-order valence-electron chi connectivity index (χ3n) is 21.6. The summed E-state index contributed by atoms with van der Waals surface area (Å²) in [6.07, 6.45) is 118. The molecule has 0 aliphatic rings. The van der Waals surface area contributed by atoms with Gasteiger partial charge in [-0.25, -0.2) is 0 Å². The third-order valence-corrected chi connectivity index (χ3v) is 21.6. The first-order valence-electron chi connectivity index (χ1n) is 45.8. The van der Waals surface area contributed by atoms with Crippen LogP contribution >= 0.6 is 0 Å². The molecule has 0 heterocycles. The van der Waals surface area contributed by atoms with Gasteiger partial charge in [-0.3, -0.25) is 9.59 Å². The molecular formula is C93H179NO5. The van der Waals surface area contributed by atoms with Crippen LogP contribution in [0, 0.1) is 0 Å². The summed E-state index contributed by atoms with van der Waals surface area (Å²) in [5.74, 6) is -0.0372. The van der Waals surface area contributed by atoms with Crippen LogP contribution in [0.4, 0.5) is 0 Å². The first-order valence-corrected chi connectivity index (χ1v) is 45.8. The van der Waals surface area contributed by atoms with Crippen molar-refractivity contribution in [3.8, 4) is 0 Å². The normalized spacial score (nSPS) is 12.6. The summed E-state index contributed by atoms with van der Waals surface area (Å²) in [7, 11) is 0. The van der Waals surface area contributed by atoms with Gasteiger partial charge in [0.05, 0.1) is 25.4 Å². The number of amides is 1. The first kappa shape index (κ1) is 97.1. The molecule has 0 radical (unpaired) electrons. The number of hydrogen-bond donors (Lipinski definition) is 3. The maximum Gasteiger partial charge on any atom is 0.305 e. The minimum atomic E-state index is -0.843. The molecule has 0 saturated heterocycles. The Kier molecular flexibility index (Phi) is 86.8. The highest BCUT2D eigenvalue weighted by molar-refractivity contribution is 5.76. The topological polar surface area (TPSA) is 95.9 Å². The van der Waals surface area contributed by atoms with E-state index in [1.165, 1.54) is 456 Å². The Labute approximate surface area is 621 Å². The molecule has 0 aliphatic heterocycles. The molecular weight excluding hydrogens is 1210 g/mol. The number of hydrogen-bond acceptors (Lipinski definition) is 5. The quantitative estimate of drug-likeness (QED) is 0.0320. The summed E-state index contributed by atoms with van der Waals surface area (Å²) in [5, 5.41) is 23.4. The van der Waals surface area contributed by atoms with Gasteiger partial charge in [0.2, 0.25) is 5.91 Å². The molecule has 6 heteroatoms. The van der Waals surface area contributed by atoms with Gasteiger partial charge in [-0.15, -0.1) is 0 Å². The van der Waals surface area contributed by atoms with Gasteiger partial charge in [-0.05, 0) is 83.5 Å². The van der Waals surface area contributed by atoms with Gasteiger partial charge < -0.3 is 20.3 Å². The lowest BCUT2D eigenvalue weighted by molar-refractivity contribution is -0.143. The molecule has 2 atom stereocenters. The number of rotatable bonds is 87. The van der Waals surface area contributed by atoms with E-state index in [2.05, 4.69) is 43.5 Å². The van der Waals surface area contributed by atoms with Crippen LogP contribution < -0.4 is 5.32 Å². The highest BCUT2D eigenvalue weighted by atomic mass is 16.5. The van der Waals surface area contributed by atoms with Gasteiger partial charge in [-0.1, -0.05) is 461 Å². The Morgan fingerprint density at radius 3 is 0.717 bits per heavy atom. The lowest BCUT2D eigenvalue weighted by Gasteiger charge is -2.20. The largest absolute Gasteiger partial charge is 0.466 e. The number of allylic oxidation sites excluding steroid dienone is 5. The standard InChI is InChI=1S/C93H179NO5/c1-3-5-7-9-11-13-15-17-19-21-23-24-25-41-44-47-50-53-57-61-65-69-73-77-81-85-91(96)90(89-95)94-92(97)86-82-78-74-70-66-62-58-54-51-48-45-42-39-37-35-33-31-29-27-26-28-30-32-34-36-38-40-43-46-49-52-56-60-64-68-72-76-80-84-88-99-93(98)87-83-79-75-71-67-63-59-55-22-20-18-16-14-12-10-8-6-4-2/h20,22,26-27,81,85,90-91,95-96H,3-19,21,23-25,28-80,82-84,86-89H2,1-2H3,(H,94,97)/b22-20-,27-26-,85-81+. The second kappa shape index (κ2) is 88.5. The second-order valence-electron chi connectivity index (χ2n) is 31.6. The van der Waals surface area contributed by atoms with E-state index in [9.17, 15) is 19.8 Å². The predicted octanol–water partition coefficient (Wildman–Crippen LogP) is 30.9. The van der Waals surface area contributed by atoms with Crippen LogP contribution in [0.25, 0.3) is 0 Å². The Hall–Kier alpha value is -1.92. The monoisotopic (exact) mass is 1390 g/mol. The van der Waals surface area contributed by atoms with E-state index >= 15 is 0 Å². The minimum Gasteiger partial charge on any atom is -0.466 e. The van der Waals surface area contributed by atoms with Crippen LogP contribution in [0.15, 0.2) is 36.5 Å². The van der Waals surface area contributed by atoms with Crippen LogP contribution in [0.3, 0.4) is 0 Å². The van der Waals surface area contributed by atoms with Crippen molar-refractivity contribution in [2.45, 2.75) is 533 Å². The Morgan fingerprint density at radius 1 is 0.273 bits per heavy atom. The minimum absolute atomic E-state index is 0.0205. The molecule has 0 saturated carbocycles. The maximum absolute atomic E-state index is 12.6. The third kappa shape index (κ3) is 84.9. The number of nitrogens with one attached hydrogen (secondary N) is 1. The number of esters is 1. The van der Waals surface area contributed by atoms with Crippen LogP contribution in [0.5, 0.6) is 0 Å². The van der Waals surface area contributed by atoms with Crippen molar-refractivity contribution in [2.75, 3.05) is 13.2 Å². The lowest BCUT2D eigenvalue weighted by atomic mass is 10.0. The smallest absolute Gasteiger partial charge is 0.305 e. The predicted molar refractivity (Wildman–Crippen MR) is 439 cm³/mol. The van der Waals surface area contributed by atoms with E-state index in [-0.39, 0.29) is 18.5 Å². The fourth-order valence-corrected chi connectivity index (χ4v) is 14.7. The average Bonchev–Trinajstić information content (AvgIpc) is 2.05. The van der Waals surface area contributed by atoms with Crippen LogP contribution in [-0.4, -0.2) is 47.4 Å². The van der Waals surface area contributed by atoms with Crippen LogP contribution in [0.1, 0.15) is 521 Å². The SMILES string of the molecule is CCCCCCCCC/C=C\CCCCCCCCCC(=O)OCCCCCCCCCCCCCCCCCCCC/C=C\CCCCCCCCCCCCCCCCCCCC(=O)NC(CO)C(O)/C=C/CCCCCCCCCCCCCCCCCCCCCCCCC.